The molecule has 29 heavy (non-hydrogen) atoms. The van der Waals surface area contributed by atoms with Crippen molar-refractivity contribution in [2.24, 2.45) is 0 Å². The fourth-order valence-electron chi connectivity index (χ4n) is 3.59. The maximum absolute atomic E-state index is 13.1. The molecule has 0 radical (unpaired) electrons. The summed E-state index contributed by atoms with van der Waals surface area (Å²) >= 11 is 1.29. The molecule has 3 amide bonds. The molecule has 0 spiro atoms. The lowest BCUT2D eigenvalue weighted by Crippen LogP contribution is -2.49. The molecule has 10 heteroatoms. The van der Waals surface area contributed by atoms with Crippen LogP contribution in [0.2, 0.25) is 0 Å². The van der Waals surface area contributed by atoms with Gasteiger partial charge in [0.1, 0.15) is 6.61 Å². The molecule has 1 atom stereocenters. The number of carbonyl (C=O) groups is 4. The molecule has 0 aromatic heterocycles. The van der Waals surface area contributed by atoms with Crippen LogP contribution in [0.3, 0.4) is 0 Å². The van der Waals surface area contributed by atoms with Gasteiger partial charge in [0.25, 0.3) is 0 Å². The zero-order valence-corrected chi connectivity index (χ0v) is 16.5. The summed E-state index contributed by atoms with van der Waals surface area (Å²) in [4.78, 5) is 50.5. The lowest BCUT2D eigenvalue weighted by Gasteiger charge is -2.29. The number of benzene rings is 1. The van der Waals surface area contributed by atoms with Crippen molar-refractivity contribution in [3.8, 4) is 0 Å². The van der Waals surface area contributed by atoms with Gasteiger partial charge >= 0.3 is 18.0 Å². The number of rotatable bonds is 5. The molecule has 1 aromatic carbocycles. The quantitative estimate of drug-likeness (QED) is 0.694. The topological polar surface area (TPSA) is 114 Å². The fourth-order valence-corrected chi connectivity index (χ4v) is 5.00. The van der Waals surface area contributed by atoms with Gasteiger partial charge in [0.2, 0.25) is 5.91 Å². The van der Waals surface area contributed by atoms with Gasteiger partial charge in [-0.25, -0.2) is 14.4 Å². The number of hydrogen-bond donors (Lipinski definition) is 2. The molecule has 152 valence electrons. The average Bonchev–Trinajstić information content (AvgIpc) is 3.22. The first-order chi connectivity index (χ1) is 14.0. The lowest BCUT2D eigenvalue weighted by molar-refractivity contribution is -0.146. The van der Waals surface area contributed by atoms with Crippen molar-refractivity contribution < 1.29 is 28.7 Å². The molecule has 3 heterocycles. The van der Waals surface area contributed by atoms with Crippen LogP contribution in [0.5, 0.6) is 0 Å². The molecule has 3 aliphatic heterocycles. The highest BCUT2D eigenvalue weighted by molar-refractivity contribution is 8.02. The first-order valence-electron chi connectivity index (χ1n) is 9.18. The number of esters is 2. The van der Waals surface area contributed by atoms with Crippen LogP contribution in [0.4, 0.5) is 10.5 Å². The van der Waals surface area contributed by atoms with Gasteiger partial charge in [-0.3, -0.25) is 9.69 Å². The highest BCUT2D eigenvalue weighted by Crippen LogP contribution is 2.56. The molecule has 9 nitrogen and oxygen atoms in total. The number of anilines is 1. The second-order valence-electron chi connectivity index (χ2n) is 6.64. The molecule has 3 aliphatic rings. The Bertz CT molecular complexity index is 946. The maximum Gasteiger partial charge on any atom is 0.343 e. The Hall–Kier alpha value is -3.01. The predicted octanol–water partition coefficient (Wildman–Crippen LogP) is 1.29. The van der Waals surface area contributed by atoms with Crippen LogP contribution in [-0.2, 0) is 23.9 Å². The molecule has 0 bridgehead atoms. The molecule has 2 N–H and O–H groups in total. The van der Waals surface area contributed by atoms with Gasteiger partial charge in [0.05, 0.1) is 30.1 Å². The molecule has 0 unspecified atom stereocenters. The summed E-state index contributed by atoms with van der Waals surface area (Å²) in [5, 5.41) is 4.99. The van der Waals surface area contributed by atoms with E-state index in [1.807, 2.05) is 18.2 Å². The monoisotopic (exact) mass is 417 g/mol. The van der Waals surface area contributed by atoms with E-state index in [2.05, 4.69) is 10.6 Å². The number of nitrogens with zero attached hydrogens (tertiary/aromatic N) is 1. The average molecular weight is 417 g/mol. The Morgan fingerprint density at radius 2 is 2.03 bits per heavy atom. The molecular formula is C19H19N3O6S. The minimum Gasteiger partial charge on any atom is -0.463 e. The van der Waals surface area contributed by atoms with E-state index in [0.717, 1.165) is 4.90 Å². The Kier molecular flexibility index (Phi) is 4.95. The summed E-state index contributed by atoms with van der Waals surface area (Å²) in [7, 11) is 0. The Labute approximate surface area is 170 Å². The first-order valence-corrected chi connectivity index (χ1v) is 10.00. The number of fused-ring (bicyclic) bond motifs is 3. The summed E-state index contributed by atoms with van der Waals surface area (Å²) in [5.74, 6) is -1.32. The third-order valence-corrected chi connectivity index (χ3v) is 6.37. The standard InChI is InChI=1S/C19H19N3O6S/c1-2-27-16(24)11-9-20-18(26)21-12(11)10-28-17(25)19-8-7-15(23)22(19)13-5-3-4-6-14(13)29-19/h3-6H,2,7-10H2,1H3,(H2,20,21,26)/t19-/m1/s1. The van der Waals surface area contributed by atoms with Crippen molar-refractivity contribution in [2.45, 2.75) is 29.5 Å². The first kappa shape index (κ1) is 19.3. The van der Waals surface area contributed by atoms with E-state index < -0.39 is 22.8 Å². The fraction of sp³-hybridized carbons (Fsp3) is 0.368. The van der Waals surface area contributed by atoms with E-state index in [0.29, 0.717) is 12.1 Å². The smallest absolute Gasteiger partial charge is 0.343 e. The van der Waals surface area contributed by atoms with Crippen LogP contribution in [-0.4, -0.2) is 48.5 Å². The Morgan fingerprint density at radius 1 is 1.24 bits per heavy atom. The van der Waals surface area contributed by atoms with Crippen LogP contribution >= 0.6 is 11.8 Å². The molecule has 0 saturated carbocycles. The Balaban J connectivity index is 1.55. The molecular weight excluding hydrogens is 398 g/mol. The molecule has 1 aromatic rings. The summed E-state index contributed by atoms with van der Waals surface area (Å²) < 4.78 is 10.5. The van der Waals surface area contributed by atoms with Gasteiger partial charge in [-0.15, -0.1) is 0 Å². The normalized spacial score (nSPS) is 22.6. The van der Waals surface area contributed by atoms with Gasteiger partial charge in [0.15, 0.2) is 4.87 Å². The number of para-hydroxylation sites is 1. The van der Waals surface area contributed by atoms with E-state index >= 15 is 0 Å². The van der Waals surface area contributed by atoms with Crippen molar-refractivity contribution in [2.75, 3.05) is 24.7 Å². The second-order valence-corrected chi connectivity index (χ2v) is 7.96. The summed E-state index contributed by atoms with van der Waals surface area (Å²) in [6.45, 7) is 1.53. The Morgan fingerprint density at radius 3 is 2.83 bits per heavy atom. The summed E-state index contributed by atoms with van der Waals surface area (Å²) in [6, 6.07) is 6.82. The second kappa shape index (κ2) is 7.43. The number of ether oxygens (including phenoxy) is 2. The van der Waals surface area contributed by atoms with Gasteiger partial charge in [-0.1, -0.05) is 23.9 Å². The van der Waals surface area contributed by atoms with Crippen molar-refractivity contribution in [1.29, 1.82) is 0 Å². The number of carbonyl (C=O) groups excluding carboxylic acids is 4. The zero-order chi connectivity index (χ0) is 20.6. The number of amides is 3. The number of hydrogen-bond acceptors (Lipinski definition) is 7. The summed E-state index contributed by atoms with van der Waals surface area (Å²) in [5.41, 5.74) is 1.06. The lowest BCUT2D eigenvalue weighted by atomic mass is 10.1. The van der Waals surface area contributed by atoms with Gasteiger partial charge in [-0.2, -0.15) is 0 Å². The largest absolute Gasteiger partial charge is 0.463 e. The minimum atomic E-state index is -1.16. The van der Waals surface area contributed by atoms with Crippen LogP contribution in [0.25, 0.3) is 0 Å². The van der Waals surface area contributed by atoms with E-state index in [1.165, 1.54) is 16.7 Å². The van der Waals surface area contributed by atoms with E-state index in [-0.39, 0.29) is 43.4 Å². The van der Waals surface area contributed by atoms with Gasteiger partial charge in [0, 0.05) is 17.7 Å². The number of urea groups is 1. The predicted molar refractivity (Wildman–Crippen MR) is 103 cm³/mol. The van der Waals surface area contributed by atoms with Crippen LogP contribution in [0.1, 0.15) is 19.8 Å². The van der Waals surface area contributed by atoms with Crippen molar-refractivity contribution in [3.05, 3.63) is 35.5 Å². The van der Waals surface area contributed by atoms with E-state index in [1.54, 1.807) is 13.0 Å². The van der Waals surface area contributed by atoms with Crippen LogP contribution in [0.15, 0.2) is 40.4 Å². The SMILES string of the molecule is CCOC(=O)C1=C(COC(=O)[C@]23CCC(=O)N2c2ccccc2S3)NC(=O)NC1. The van der Waals surface area contributed by atoms with E-state index in [4.69, 9.17) is 9.47 Å². The number of nitrogens with one attached hydrogen (secondary N) is 2. The van der Waals surface area contributed by atoms with Crippen LogP contribution in [0, 0.1) is 0 Å². The van der Waals surface area contributed by atoms with Crippen LogP contribution < -0.4 is 15.5 Å². The van der Waals surface area contributed by atoms with Gasteiger partial charge in [-0.05, 0) is 19.1 Å². The highest BCUT2D eigenvalue weighted by atomic mass is 32.2. The number of thioether (sulfide) groups is 1. The van der Waals surface area contributed by atoms with Crippen molar-refractivity contribution >= 4 is 41.3 Å². The zero-order valence-electron chi connectivity index (χ0n) is 15.6. The van der Waals surface area contributed by atoms with Gasteiger partial charge < -0.3 is 20.1 Å². The minimum absolute atomic E-state index is 0.0203. The third kappa shape index (κ3) is 3.23. The molecule has 4 rings (SSSR count). The molecule has 0 aliphatic carbocycles. The van der Waals surface area contributed by atoms with Crippen molar-refractivity contribution in [3.63, 3.8) is 0 Å². The van der Waals surface area contributed by atoms with Crippen molar-refractivity contribution in [1.82, 2.24) is 10.6 Å². The summed E-state index contributed by atoms with van der Waals surface area (Å²) in [6.07, 6.45) is 0.565. The molecule has 1 saturated heterocycles. The highest BCUT2D eigenvalue weighted by Gasteiger charge is 2.58. The maximum atomic E-state index is 13.1. The third-order valence-electron chi connectivity index (χ3n) is 4.92. The van der Waals surface area contributed by atoms with E-state index in [9.17, 15) is 19.2 Å². The molecule has 1 fully saturated rings.